The standard InChI is InChI=1S/C16H24N2O6/c1-11(19)13(18-24-16(2,3)22-4)14(20)17-15(21)23-10-12-8-6-5-7-9-12/h5-9,11,13,18-19H,10H2,1-4H3,(H,17,20,21)/t11-,13+/m1/s1. The molecule has 24 heavy (non-hydrogen) atoms. The molecule has 0 unspecified atom stereocenters. The second-order valence-corrected chi connectivity index (χ2v) is 5.59. The summed E-state index contributed by atoms with van der Waals surface area (Å²) in [7, 11) is 1.43. The lowest BCUT2D eigenvalue weighted by molar-refractivity contribution is -0.241. The molecule has 1 rings (SSSR count). The molecule has 0 heterocycles. The van der Waals surface area contributed by atoms with E-state index in [-0.39, 0.29) is 6.61 Å². The van der Waals surface area contributed by atoms with Crippen LogP contribution in [-0.4, -0.2) is 42.1 Å². The third-order valence-electron chi connectivity index (χ3n) is 3.13. The van der Waals surface area contributed by atoms with Gasteiger partial charge in [0.05, 0.1) is 6.10 Å². The Morgan fingerprint density at radius 2 is 1.88 bits per heavy atom. The largest absolute Gasteiger partial charge is 0.444 e. The number of ether oxygens (including phenoxy) is 2. The molecule has 0 aromatic heterocycles. The minimum absolute atomic E-state index is 0.0277. The van der Waals surface area contributed by atoms with Crippen LogP contribution in [0.5, 0.6) is 0 Å². The lowest BCUT2D eigenvalue weighted by Crippen LogP contribution is -2.53. The van der Waals surface area contributed by atoms with Gasteiger partial charge in [0.25, 0.3) is 5.91 Å². The molecule has 0 aliphatic heterocycles. The van der Waals surface area contributed by atoms with Crippen LogP contribution in [-0.2, 0) is 25.7 Å². The second-order valence-electron chi connectivity index (χ2n) is 5.59. The average Bonchev–Trinajstić information content (AvgIpc) is 2.53. The monoisotopic (exact) mass is 340 g/mol. The molecule has 0 saturated heterocycles. The fourth-order valence-electron chi connectivity index (χ4n) is 1.56. The number of hydroxylamine groups is 1. The zero-order chi connectivity index (χ0) is 18.2. The highest BCUT2D eigenvalue weighted by Gasteiger charge is 2.29. The van der Waals surface area contributed by atoms with Crippen molar-refractivity contribution in [2.24, 2.45) is 0 Å². The van der Waals surface area contributed by atoms with Crippen molar-refractivity contribution < 1.29 is 29.0 Å². The first-order chi connectivity index (χ1) is 11.2. The smallest absolute Gasteiger partial charge is 0.414 e. The summed E-state index contributed by atoms with van der Waals surface area (Å²) < 4.78 is 9.98. The molecule has 8 nitrogen and oxygen atoms in total. The molecule has 134 valence electrons. The summed E-state index contributed by atoms with van der Waals surface area (Å²) in [4.78, 5) is 28.9. The fraction of sp³-hybridized carbons (Fsp3) is 0.500. The Bertz CT molecular complexity index is 533. The van der Waals surface area contributed by atoms with Crippen LogP contribution >= 0.6 is 0 Å². The van der Waals surface area contributed by atoms with Crippen LogP contribution in [0.15, 0.2) is 30.3 Å². The number of aliphatic hydroxyl groups excluding tert-OH is 1. The second kappa shape index (κ2) is 9.33. The van der Waals surface area contributed by atoms with Gasteiger partial charge in [-0.25, -0.2) is 4.79 Å². The number of carbonyl (C=O) groups is 2. The number of rotatable bonds is 8. The molecule has 0 fully saturated rings. The topological polar surface area (TPSA) is 106 Å². The zero-order valence-electron chi connectivity index (χ0n) is 14.2. The molecular weight excluding hydrogens is 316 g/mol. The van der Waals surface area contributed by atoms with Crippen LogP contribution < -0.4 is 10.8 Å². The van der Waals surface area contributed by atoms with Gasteiger partial charge in [-0.05, 0) is 26.3 Å². The minimum Gasteiger partial charge on any atom is -0.444 e. The maximum absolute atomic E-state index is 12.1. The molecule has 1 aromatic rings. The Morgan fingerprint density at radius 3 is 2.42 bits per heavy atom. The molecule has 8 heteroatoms. The van der Waals surface area contributed by atoms with Gasteiger partial charge in [-0.3, -0.25) is 14.9 Å². The van der Waals surface area contributed by atoms with Gasteiger partial charge in [0.2, 0.25) is 0 Å². The van der Waals surface area contributed by atoms with E-state index in [0.717, 1.165) is 5.56 Å². The number of benzene rings is 1. The van der Waals surface area contributed by atoms with Gasteiger partial charge in [0.15, 0.2) is 5.79 Å². The van der Waals surface area contributed by atoms with Crippen molar-refractivity contribution in [1.29, 1.82) is 0 Å². The van der Waals surface area contributed by atoms with Crippen LogP contribution in [0.2, 0.25) is 0 Å². The van der Waals surface area contributed by atoms with Gasteiger partial charge in [-0.1, -0.05) is 30.3 Å². The van der Waals surface area contributed by atoms with Crippen LogP contribution in [0.3, 0.4) is 0 Å². The predicted octanol–water partition coefficient (Wildman–Crippen LogP) is 1.09. The number of carbonyl (C=O) groups excluding carboxylic acids is 2. The minimum atomic E-state index is -1.18. The van der Waals surface area contributed by atoms with E-state index < -0.39 is 29.9 Å². The number of aliphatic hydroxyl groups is 1. The van der Waals surface area contributed by atoms with Crippen LogP contribution in [0, 0.1) is 0 Å². The summed E-state index contributed by atoms with van der Waals surface area (Å²) >= 11 is 0. The van der Waals surface area contributed by atoms with E-state index >= 15 is 0 Å². The summed E-state index contributed by atoms with van der Waals surface area (Å²) in [6.45, 7) is 4.64. The van der Waals surface area contributed by atoms with E-state index in [2.05, 4.69) is 5.48 Å². The molecule has 0 bridgehead atoms. The first-order valence-electron chi connectivity index (χ1n) is 7.43. The van der Waals surface area contributed by atoms with Gasteiger partial charge in [0.1, 0.15) is 12.6 Å². The summed E-state index contributed by atoms with van der Waals surface area (Å²) in [5.74, 6) is -1.80. The fourth-order valence-corrected chi connectivity index (χ4v) is 1.56. The van der Waals surface area contributed by atoms with Gasteiger partial charge >= 0.3 is 6.09 Å². The van der Waals surface area contributed by atoms with Gasteiger partial charge in [-0.2, -0.15) is 5.48 Å². The maximum atomic E-state index is 12.1. The van der Waals surface area contributed by atoms with Crippen LogP contribution in [0.4, 0.5) is 4.79 Å². The number of alkyl carbamates (subject to hydrolysis) is 1. The van der Waals surface area contributed by atoms with E-state index in [0.29, 0.717) is 0 Å². The maximum Gasteiger partial charge on any atom is 0.414 e. The van der Waals surface area contributed by atoms with Gasteiger partial charge in [-0.15, -0.1) is 0 Å². The number of amides is 2. The van der Waals surface area contributed by atoms with Crippen molar-refractivity contribution in [1.82, 2.24) is 10.8 Å². The molecule has 0 aliphatic rings. The molecule has 3 N–H and O–H groups in total. The van der Waals surface area contributed by atoms with Crippen LogP contribution in [0.1, 0.15) is 26.3 Å². The molecule has 0 spiro atoms. The summed E-state index contributed by atoms with van der Waals surface area (Å²) in [5, 5.41) is 11.7. The zero-order valence-corrected chi connectivity index (χ0v) is 14.2. The van der Waals surface area contributed by atoms with E-state index in [1.807, 2.05) is 23.5 Å². The summed E-state index contributed by atoms with van der Waals surface area (Å²) in [6.07, 6.45) is -2.03. The molecule has 0 aliphatic carbocycles. The number of hydrogen-bond donors (Lipinski definition) is 3. The summed E-state index contributed by atoms with van der Waals surface area (Å²) in [5.41, 5.74) is 3.18. The SMILES string of the molecule is COC(C)(C)ON[C@H](C(=O)NC(=O)OCc1ccccc1)[C@@H](C)O. The molecule has 1 aromatic carbocycles. The Hall–Kier alpha value is -2.00. The number of nitrogens with one attached hydrogen (secondary N) is 2. The van der Waals surface area contributed by atoms with E-state index in [9.17, 15) is 14.7 Å². The third kappa shape index (κ3) is 7.05. The number of methoxy groups -OCH3 is 1. The van der Waals surface area contributed by atoms with Crippen molar-refractivity contribution in [2.75, 3.05) is 7.11 Å². The lowest BCUT2D eigenvalue weighted by atomic mass is 10.2. The molecule has 2 atom stereocenters. The Labute approximate surface area is 141 Å². The van der Waals surface area contributed by atoms with Crippen LogP contribution in [0.25, 0.3) is 0 Å². The van der Waals surface area contributed by atoms with Crippen molar-refractivity contribution >= 4 is 12.0 Å². The van der Waals surface area contributed by atoms with Gasteiger partial charge < -0.3 is 14.6 Å². The highest BCUT2D eigenvalue weighted by molar-refractivity contribution is 5.95. The predicted molar refractivity (Wildman–Crippen MR) is 85.5 cm³/mol. The van der Waals surface area contributed by atoms with E-state index in [4.69, 9.17) is 14.3 Å². The Morgan fingerprint density at radius 1 is 1.25 bits per heavy atom. The quantitative estimate of drug-likeness (QED) is 0.480. The van der Waals surface area contributed by atoms with E-state index in [1.165, 1.54) is 14.0 Å². The average molecular weight is 340 g/mol. The van der Waals surface area contributed by atoms with Crippen molar-refractivity contribution in [3.05, 3.63) is 35.9 Å². The highest BCUT2D eigenvalue weighted by Crippen LogP contribution is 2.08. The summed E-state index contributed by atoms with van der Waals surface area (Å²) in [6, 6.07) is 7.86. The Balaban J connectivity index is 2.50. The van der Waals surface area contributed by atoms with Crippen molar-refractivity contribution in [2.45, 2.75) is 45.3 Å². The van der Waals surface area contributed by atoms with Crippen molar-refractivity contribution in [3.63, 3.8) is 0 Å². The molecule has 0 radical (unpaired) electrons. The number of imide groups is 1. The lowest BCUT2D eigenvalue weighted by Gasteiger charge is -2.27. The van der Waals surface area contributed by atoms with Crippen molar-refractivity contribution in [3.8, 4) is 0 Å². The molecule has 2 amide bonds. The first kappa shape index (κ1) is 20.0. The van der Waals surface area contributed by atoms with Gasteiger partial charge in [0, 0.05) is 7.11 Å². The number of hydrogen-bond acceptors (Lipinski definition) is 7. The highest BCUT2D eigenvalue weighted by atomic mass is 16.8. The first-order valence-corrected chi connectivity index (χ1v) is 7.43. The Kier molecular flexibility index (Phi) is 7.80. The third-order valence-corrected chi connectivity index (χ3v) is 3.13. The normalized spacial score (nSPS) is 13.9. The molecule has 0 saturated carbocycles. The molecular formula is C16H24N2O6. The van der Waals surface area contributed by atoms with E-state index in [1.54, 1.807) is 26.0 Å².